The van der Waals surface area contributed by atoms with Gasteiger partial charge in [0.1, 0.15) is 12.1 Å². The second-order valence-electron chi connectivity index (χ2n) is 4.23. The zero-order valence-electron chi connectivity index (χ0n) is 8.63. The number of nitrogens with zero attached hydrogens (tertiary/aromatic N) is 2. The molecule has 0 N–H and O–H groups in total. The molecular formula is C12H12N2. The fourth-order valence-corrected chi connectivity index (χ4v) is 1.20. The average Bonchev–Trinajstić information content (AvgIpc) is 2.15. The van der Waals surface area contributed by atoms with Gasteiger partial charge < -0.3 is 0 Å². The highest BCUT2D eigenvalue weighted by Gasteiger charge is 2.15. The first-order chi connectivity index (χ1) is 6.49. The maximum atomic E-state index is 8.84. The zero-order valence-corrected chi connectivity index (χ0v) is 8.63. The van der Waals surface area contributed by atoms with Crippen molar-refractivity contribution in [3.05, 3.63) is 34.9 Å². The number of benzene rings is 1. The monoisotopic (exact) mass is 184 g/mol. The Hall–Kier alpha value is -1.80. The van der Waals surface area contributed by atoms with Crippen LogP contribution >= 0.6 is 0 Å². The molecule has 0 saturated heterocycles. The molecule has 1 aromatic carbocycles. The Kier molecular flexibility index (Phi) is 2.58. The van der Waals surface area contributed by atoms with Crippen molar-refractivity contribution >= 4 is 0 Å². The molecule has 0 unspecified atom stereocenters. The third-order valence-electron chi connectivity index (χ3n) is 2.13. The molecule has 0 atom stereocenters. The van der Waals surface area contributed by atoms with Gasteiger partial charge in [0.2, 0.25) is 0 Å². The van der Waals surface area contributed by atoms with E-state index in [1.807, 2.05) is 18.2 Å². The fourth-order valence-electron chi connectivity index (χ4n) is 1.20. The number of nitriles is 2. The Bertz CT molecular complexity index is 425. The smallest absolute Gasteiger partial charge is 0.101 e. The van der Waals surface area contributed by atoms with E-state index in [-0.39, 0.29) is 5.41 Å². The first kappa shape index (κ1) is 10.3. The van der Waals surface area contributed by atoms with Gasteiger partial charge in [-0.1, -0.05) is 26.8 Å². The quantitative estimate of drug-likeness (QED) is 0.622. The molecule has 2 heteroatoms. The van der Waals surface area contributed by atoms with E-state index in [0.717, 1.165) is 5.56 Å². The highest BCUT2D eigenvalue weighted by Crippen LogP contribution is 2.23. The standard InChI is InChI=1S/C12H12N2/c1-12(2,3)11-5-4-9(7-13)10(6-11)8-14/h4-6H,1-3H3. The van der Waals surface area contributed by atoms with E-state index in [9.17, 15) is 0 Å². The lowest BCUT2D eigenvalue weighted by atomic mass is 9.85. The van der Waals surface area contributed by atoms with Crippen LogP contribution < -0.4 is 0 Å². The van der Waals surface area contributed by atoms with E-state index >= 15 is 0 Å². The molecule has 2 nitrogen and oxygen atoms in total. The number of rotatable bonds is 0. The Labute approximate surface area is 84.4 Å². The molecule has 0 bridgehead atoms. The Morgan fingerprint density at radius 2 is 1.57 bits per heavy atom. The average molecular weight is 184 g/mol. The molecule has 0 heterocycles. The molecule has 0 aromatic heterocycles. The molecular weight excluding hydrogens is 172 g/mol. The van der Waals surface area contributed by atoms with Crippen molar-refractivity contribution in [2.24, 2.45) is 0 Å². The molecule has 0 amide bonds. The van der Waals surface area contributed by atoms with E-state index in [1.54, 1.807) is 12.1 Å². The first-order valence-corrected chi connectivity index (χ1v) is 4.44. The van der Waals surface area contributed by atoms with Gasteiger partial charge in [0.15, 0.2) is 0 Å². The van der Waals surface area contributed by atoms with Crippen LogP contribution in [0.25, 0.3) is 0 Å². The second-order valence-corrected chi connectivity index (χ2v) is 4.23. The summed E-state index contributed by atoms with van der Waals surface area (Å²) in [5.41, 5.74) is 1.99. The van der Waals surface area contributed by atoms with Crippen molar-refractivity contribution < 1.29 is 0 Å². The van der Waals surface area contributed by atoms with Crippen LogP contribution in [-0.4, -0.2) is 0 Å². The molecule has 0 fully saturated rings. The molecule has 0 aliphatic carbocycles. The van der Waals surface area contributed by atoms with Crippen LogP contribution in [0.3, 0.4) is 0 Å². The molecule has 0 radical (unpaired) electrons. The van der Waals surface area contributed by atoms with Gasteiger partial charge in [-0.15, -0.1) is 0 Å². The van der Waals surface area contributed by atoms with Crippen molar-refractivity contribution in [1.29, 1.82) is 10.5 Å². The van der Waals surface area contributed by atoms with Gasteiger partial charge in [-0.25, -0.2) is 0 Å². The molecule has 0 aliphatic heterocycles. The summed E-state index contributed by atoms with van der Waals surface area (Å²) in [6, 6.07) is 9.44. The summed E-state index contributed by atoms with van der Waals surface area (Å²) in [5, 5.41) is 17.6. The van der Waals surface area contributed by atoms with Crippen LogP contribution in [-0.2, 0) is 5.41 Å². The maximum Gasteiger partial charge on any atom is 0.101 e. The summed E-state index contributed by atoms with van der Waals surface area (Å²) in [6.45, 7) is 6.24. The van der Waals surface area contributed by atoms with Crippen LogP contribution in [0.2, 0.25) is 0 Å². The summed E-state index contributed by atoms with van der Waals surface area (Å²) in [7, 11) is 0. The van der Waals surface area contributed by atoms with Gasteiger partial charge in [-0.3, -0.25) is 0 Å². The van der Waals surface area contributed by atoms with E-state index in [1.165, 1.54) is 0 Å². The van der Waals surface area contributed by atoms with E-state index in [4.69, 9.17) is 10.5 Å². The minimum Gasteiger partial charge on any atom is -0.192 e. The van der Waals surface area contributed by atoms with Gasteiger partial charge in [0.25, 0.3) is 0 Å². The summed E-state index contributed by atoms with van der Waals surface area (Å²) in [4.78, 5) is 0. The van der Waals surface area contributed by atoms with Crippen molar-refractivity contribution in [1.82, 2.24) is 0 Å². The van der Waals surface area contributed by atoms with E-state index in [2.05, 4.69) is 20.8 Å². The third-order valence-corrected chi connectivity index (χ3v) is 2.13. The molecule has 1 rings (SSSR count). The Morgan fingerprint density at radius 3 is 2.00 bits per heavy atom. The van der Waals surface area contributed by atoms with E-state index < -0.39 is 0 Å². The highest BCUT2D eigenvalue weighted by atomic mass is 14.3. The minimum absolute atomic E-state index is 0.0135. The molecule has 0 saturated carbocycles. The second kappa shape index (κ2) is 3.52. The lowest BCUT2D eigenvalue weighted by Crippen LogP contribution is -2.11. The molecule has 14 heavy (non-hydrogen) atoms. The summed E-state index contributed by atoms with van der Waals surface area (Å²) >= 11 is 0. The summed E-state index contributed by atoms with van der Waals surface area (Å²) in [5.74, 6) is 0. The fraction of sp³-hybridized carbons (Fsp3) is 0.333. The first-order valence-electron chi connectivity index (χ1n) is 4.44. The Morgan fingerprint density at radius 1 is 1.00 bits per heavy atom. The lowest BCUT2D eigenvalue weighted by Gasteiger charge is -2.19. The molecule has 0 spiro atoms. The van der Waals surface area contributed by atoms with Crippen molar-refractivity contribution in [2.45, 2.75) is 26.2 Å². The lowest BCUT2D eigenvalue weighted by molar-refractivity contribution is 0.590. The predicted molar refractivity (Wildman–Crippen MR) is 54.6 cm³/mol. The molecule has 70 valence electrons. The predicted octanol–water partition coefficient (Wildman–Crippen LogP) is 2.73. The topological polar surface area (TPSA) is 47.6 Å². The maximum absolute atomic E-state index is 8.84. The van der Waals surface area contributed by atoms with Crippen molar-refractivity contribution in [3.8, 4) is 12.1 Å². The van der Waals surface area contributed by atoms with Crippen LogP contribution in [0.15, 0.2) is 18.2 Å². The van der Waals surface area contributed by atoms with Crippen LogP contribution in [0.4, 0.5) is 0 Å². The molecule has 0 aliphatic rings. The van der Waals surface area contributed by atoms with Gasteiger partial charge >= 0.3 is 0 Å². The van der Waals surface area contributed by atoms with Crippen molar-refractivity contribution in [2.75, 3.05) is 0 Å². The Balaban J connectivity index is 3.32. The molecule has 1 aromatic rings. The van der Waals surface area contributed by atoms with Gasteiger partial charge in [-0.2, -0.15) is 10.5 Å². The number of hydrogen-bond donors (Lipinski definition) is 0. The van der Waals surface area contributed by atoms with Crippen LogP contribution in [0.5, 0.6) is 0 Å². The van der Waals surface area contributed by atoms with Gasteiger partial charge in [0, 0.05) is 0 Å². The van der Waals surface area contributed by atoms with Crippen LogP contribution in [0.1, 0.15) is 37.5 Å². The summed E-state index contributed by atoms with van der Waals surface area (Å²) in [6.07, 6.45) is 0. The SMILES string of the molecule is CC(C)(C)c1ccc(C#N)c(C#N)c1. The van der Waals surface area contributed by atoms with Crippen LogP contribution in [0, 0.1) is 22.7 Å². The van der Waals surface area contributed by atoms with E-state index in [0.29, 0.717) is 11.1 Å². The highest BCUT2D eigenvalue weighted by molar-refractivity contribution is 5.48. The number of hydrogen-bond acceptors (Lipinski definition) is 2. The largest absolute Gasteiger partial charge is 0.192 e. The summed E-state index contributed by atoms with van der Waals surface area (Å²) < 4.78 is 0. The zero-order chi connectivity index (χ0) is 10.8. The van der Waals surface area contributed by atoms with Crippen molar-refractivity contribution in [3.63, 3.8) is 0 Å². The van der Waals surface area contributed by atoms with Gasteiger partial charge in [0.05, 0.1) is 11.1 Å². The normalized spacial score (nSPS) is 10.4. The third kappa shape index (κ3) is 1.92. The van der Waals surface area contributed by atoms with Gasteiger partial charge in [-0.05, 0) is 23.1 Å². The minimum atomic E-state index is 0.0135.